The number of carbonyl (C=O) groups excluding carboxylic acids is 1. The molecule has 0 aliphatic rings. The maximum atomic E-state index is 13.9. The molecule has 0 fully saturated rings. The van der Waals surface area contributed by atoms with Crippen molar-refractivity contribution >= 4 is 5.91 Å². The lowest BCUT2D eigenvalue weighted by Crippen LogP contribution is -2.36. The predicted molar refractivity (Wildman–Crippen MR) is 94.7 cm³/mol. The van der Waals surface area contributed by atoms with E-state index in [2.05, 4.69) is 5.32 Å². The number of pyridine rings is 1. The predicted octanol–water partition coefficient (Wildman–Crippen LogP) is 3.12. The van der Waals surface area contributed by atoms with Crippen LogP contribution in [0.4, 0.5) is 4.39 Å². The molecular weight excluding hydrogens is 323 g/mol. The Hall–Kier alpha value is -2.63. The Bertz CT molecular complexity index is 858. The van der Waals surface area contributed by atoms with E-state index < -0.39 is 17.8 Å². The molecule has 0 spiro atoms. The fourth-order valence-electron chi connectivity index (χ4n) is 2.90. The van der Waals surface area contributed by atoms with Crippen LogP contribution in [0.15, 0.2) is 29.1 Å². The Morgan fingerprint density at radius 3 is 2.56 bits per heavy atom. The van der Waals surface area contributed by atoms with Crippen molar-refractivity contribution in [3.05, 3.63) is 62.8 Å². The minimum absolute atomic E-state index is 0.119. The zero-order valence-electron chi connectivity index (χ0n) is 15.1. The minimum Gasteiger partial charge on any atom is -0.494 e. The van der Waals surface area contributed by atoms with Gasteiger partial charge in [-0.05, 0) is 57.0 Å². The van der Waals surface area contributed by atoms with E-state index in [1.807, 2.05) is 19.9 Å². The van der Waals surface area contributed by atoms with Crippen LogP contribution < -0.4 is 15.6 Å². The van der Waals surface area contributed by atoms with Gasteiger partial charge in [-0.3, -0.25) is 9.59 Å². The number of carbonyl (C=O) groups is 1. The van der Waals surface area contributed by atoms with Crippen LogP contribution in [0, 0.1) is 19.7 Å². The van der Waals surface area contributed by atoms with E-state index in [-0.39, 0.29) is 16.9 Å². The number of nitrogens with one attached hydrogen (secondary N) is 1. The molecule has 0 unspecified atom stereocenters. The van der Waals surface area contributed by atoms with Gasteiger partial charge in [0.1, 0.15) is 5.56 Å². The summed E-state index contributed by atoms with van der Waals surface area (Å²) in [5, 5.41) is 2.77. The number of ether oxygens (including phenoxy) is 1. The van der Waals surface area contributed by atoms with Gasteiger partial charge in [-0.25, -0.2) is 4.39 Å². The number of methoxy groups -OCH3 is 1. The lowest BCUT2D eigenvalue weighted by Gasteiger charge is -2.17. The standard InChI is InChI=1S/C19H23FN2O3/c1-6-22-12(3)9-11(2)17(19(22)24)18(23)21-13(4)14-7-8-16(25-5)15(20)10-14/h7-10,13H,6H2,1-5H3,(H,21,23)/t13-/m1/s1. The number of benzene rings is 1. The molecule has 2 rings (SSSR count). The molecule has 1 N–H and O–H groups in total. The van der Waals surface area contributed by atoms with Crippen LogP contribution in [0.5, 0.6) is 5.75 Å². The van der Waals surface area contributed by atoms with Crippen molar-refractivity contribution in [1.82, 2.24) is 9.88 Å². The summed E-state index contributed by atoms with van der Waals surface area (Å²) in [5.74, 6) is -0.822. The number of aryl methyl sites for hydroxylation is 2. The van der Waals surface area contributed by atoms with Crippen molar-refractivity contribution < 1.29 is 13.9 Å². The van der Waals surface area contributed by atoms with Gasteiger partial charge in [0.25, 0.3) is 11.5 Å². The molecule has 134 valence electrons. The van der Waals surface area contributed by atoms with Crippen molar-refractivity contribution in [3.63, 3.8) is 0 Å². The highest BCUT2D eigenvalue weighted by Crippen LogP contribution is 2.22. The molecule has 0 bridgehead atoms. The summed E-state index contributed by atoms with van der Waals surface area (Å²) >= 11 is 0. The van der Waals surface area contributed by atoms with Gasteiger partial charge < -0.3 is 14.6 Å². The first-order chi connectivity index (χ1) is 11.8. The van der Waals surface area contributed by atoms with E-state index >= 15 is 0 Å². The third kappa shape index (κ3) is 3.73. The maximum Gasteiger partial charge on any atom is 0.263 e. The first-order valence-electron chi connectivity index (χ1n) is 8.15. The minimum atomic E-state index is -0.499. The summed E-state index contributed by atoms with van der Waals surface area (Å²) < 4.78 is 20.3. The average Bonchev–Trinajstić information content (AvgIpc) is 2.54. The number of nitrogens with zero attached hydrogens (tertiary/aromatic N) is 1. The molecule has 1 amide bonds. The molecule has 0 aliphatic heterocycles. The lowest BCUT2D eigenvalue weighted by atomic mass is 10.1. The highest BCUT2D eigenvalue weighted by atomic mass is 19.1. The van der Waals surface area contributed by atoms with Crippen molar-refractivity contribution in [1.29, 1.82) is 0 Å². The molecule has 5 nitrogen and oxygen atoms in total. The monoisotopic (exact) mass is 346 g/mol. The van der Waals surface area contributed by atoms with Gasteiger partial charge in [0.2, 0.25) is 0 Å². The smallest absolute Gasteiger partial charge is 0.263 e. The van der Waals surface area contributed by atoms with E-state index in [0.717, 1.165) is 5.69 Å². The van der Waals surface area contributed by atoms with Crippen LogP contribution in [0.3, 0.4) is 0 Å². The van der Waals surface area contributed by atoms with E-state index in [1.165, 1.54) is 19.2 Å². The molecule has 1 heterocycles. The fourth-order valence-corrected chi connectivity index (χ4v) is 2.90. The molecule has 1 aromatic heterocycles. The molecule has 1 aromatic carbocycles. The van der Waals surface area contributed by atoms with Gasteiger partial charge in [0.05, 0.1) is 13.2 Å². The largest absolute Gasteiger partial charge is 0.494 e. The van der Waals surface area contributed by atoms with E-state index in [4.69, 9.17) is 4.74 Å². The number of aromatic nitrogens is 1. The Morgan fingerprint density at radius 2 is 2.00 bits per heavy atom. The van der Waals surface area contributed by atoms with Crippen molar-refractivity contribution in [2.75, 3.05) is 7.11 Å². The maximum absolute atomic E-state index is 13.9. The van der Waals surface area contributed by atoms with Gasteiger partial charge in [0.15, 0.2) is 11.6 Å². The fraction of sp³-hybridized carbons (Fsp3) is 0.368. The molecule has 0 radical (unpaired) electrons. The zero-order valence-corrected chi connectivity index (χ0v) is 15.1. The van der Waals surface area contributed by atoms with Gasteiger partial charge >= 0.3 is 0 Å². The highest BCUT2D eigenvalue weighted by molar-refractivity contribution is 5.95. The molecular formula is C19H23FN2O3. The van der Waals surface area contributed by atoms with Crippen LogP contribution in [-0.4, -0.2) is 17.6 Å². The Morgan fingerprint density at radius 1 is 1.32 bits per heavy atom. The first kappa shape index (κ1) is 18.7. The molecule has 0 saturated carbocycles. The van der Waals surface area contributed by atoms with Crippen LogP contribution >= 0.6 is 0 Å². The Labute approximate surface area is 146 Å². The summed E-state index contributed by atoms with van der Waals surface area (Å²) in [6.07, 6.45) is 0. The number of rotatable bonds is 5. The van der Waals surface area contributed by atoms with E-state index in [0.29, 0.717) is 17.7 Å². The summed E-state index contributed by atoms with van der Waals surface area (Å²) in [4.78, 5) is 25.2. The second-order valence-corrected chi connectivity index (χ2v) is 5.98. The van der Waals surface area contributed by atoms with Crippen molar-refractivity contribution in [3.8, 4) is 5.75 Å². The summed E-state index contributed by atoms with van der Waals surface area (Å²) in [7, 11) is 1.39. The Kier molecular flexibility index (Phi) is 5.62. The zero-order chi connectivity index (χ0) is 18.7. The van der Waals surface area contributed by atoms with Crippen molar-refractivity contribution in [2.45, 2.75) is 40.3 Å². The van der Waals surface area contributed by atoms with Gasteiger partial charge in [-0.15, -0.1) is 0 Å². The SMILES string of the molecule is CCn1c(C)cc(C)c(C(=O)N[C@H](C)c2ccc(OC)c(F)c2)c1=O. The molecule has 0 saturated heterocycles. The van der Waals surface area contributed by atoms with E-state index in [9.17, 15) is 14.0 Å². The average molecular weight is 346 g/mol. The van der Waals surface area contributed by atoms with E-state index in [1.54, 1.807) is 24.5 Å². The number of hydrogen-bond acceptors (Lipinski definition) is 3. The molecule has 25 heavy (non-hydrogen) atoms. The summed E-state index contributed by atoms with van der Waals surface area (Å²) in [6.45, 7) is 7.66. The summed E-state index contributed by atoms with van der Waals surface area (Å²) in [5.41, 5.74) is 1.83. The number of hydrogen-bond donors (Lipinski definition) is 1. The molecule has 2 aromatic rings. The second-order valence-electron chi connectivity index (χ2n) is 5.98. The second kappa shape index (κ2) is 7.51. The number of halogens is 1. The highest BCUT2D eigenvalue weighted by Gasteiger charge is 2.19. The van der Waals surface area contributed by atoms with Crippen LogP contribution in [0.1, 0.15) is 47.1 Å². The third-order valence-electron chi connectivity index (χ3n) is 4.27. The molecule has 0 aliphatic carbocycles. The lowest BCUT2D eigenvalue weighted by molar-refractivity contribution is 0.0937. The van der Waals surface area contributed by atoms with Gasteiger partial charge in [-0.2, -0.15) is 0 Å². The van der Waals surface area contributed by atoms with Crippen LogP contribution in [-0.2, 0) is 6.54 Å². The van der Waals surface area contributed by atoms with Crippen LogP contribution in [0.2, 0.25) is 0 Å². The van der Waals surface area contributed by atoms with Gasteiger partial charge in [-0.1, -0.05) is 6.07 Å². The summed E-state index contributed by atoms with van der Waals surface area (Å²) in [6, 6.07) is 5.87. The first-order valence-corrected chi connectivity index (χ1v) is 8.15. The topological polar surface area (TPSA) is 60.3 Å². The van der Waals surface area contributed by atoms with Crippen molar-refractivity contribution in [2.24, 2.45) is 0 Å². The quantitative estimate of drug-likeness (QED) is 0.905. The molecule has 6 heteroatoms. The normalized spacial score (nSPS) is 11.9. The van der Waals surface area contributed by atoms with Gasteiger partial charge in [0, 0.05) is 12.2 Å². The third-order valence-corrected chi connectivity index (χ3v) is 4.27. The van der Waals surface area contributed by atoms with Crippen LogP contribution in [0.25, 0.3) is 0 Å². The Balaban J connectivity index is 2.31. The molecule has 1 atom stereocenters. The number of amides is 1.